The van der Waals surface area contributed by atoms with Crippen molar-refractivity contribution in [3.63, 3.8) is 0 Å². The summed E-state index contributed by atoms with van der Waals surface area (Å²) in [4.78, 5) is 15.8. The maximum Gasteiger partial charge on any atom is 1.00 e. The van der Waals surface area contributed by atoms with E-state index in [0.29, 0.717) is 13.0 Å². The van der Waals surface area contributed by atoms with Gasteiger partial charge < -0.3 is 5.32 Å². The van der Waals surface area contributed by atoms with Crippen LogP contribution in [0, 0.1) is 0 Å². The standard InChI is InChI=1S/C11H12N3O.2C2H6.Rb/c1-12-5-3-11(15)14-7-4-9-8-13-6-2-10(9)14;2*1-2;/h2,4,6-8H,3,5H2,1H3;2*1-2H3;/q-1;;;+1. The third kappa shape index (κ3) is 6.72. The van der Waals surface area contributed by atoms with E-state index in [9.17, 15) is 4.79 Å². The van der Waals surface area contributed by atoms with Crippen LogP contribution in [0.5, 0.6) is 0 Å². The molecule has 0 unspecified atom stereocenters. The molecule has 4 nitrogen and oxygen atoms in total. The van der Waals surface area contributed by atoms with Gasteiger partial charge in [-0.15, -0.1) is 6.54 Å². The van der Waals surface area contributed by atoms with Gasteiger partial charge in [0.15, 0.2) is 0 Å². The normalized spacial score (nSPS) is 8.65. The summed E-state index contributed by atoms with van der Waals surface area (Å²) in [6.45, 7) is 8.57. The summed E-state index contributed by atoms with van der Waals surface area (Å²) in [5, 5.41) is 4.90. The number of hydrogen-bond donors (Lipinski definition) is 0. The second kappa shape index (κ2) is 14.1. The Kier molecular flexibility index (Phi) is 15.8. The smallest absolute Gasteiger partial charge is 0.665 e. The van der Waals surface area contributed by atoms with Crippen molar-refractivity contribution in [3.05, 3.63) is 36.0 Å². The summed E-state index contributed by atoms with van der Waals surface area (Å²) in [6, 6.07) is 3.74. The van der Waals surface area contributed by atoms with E-state index in [1.165, 1.54) is 0 Å². The minimum absolute atomic E-state index is 0. The van der Waals surface area contributed by atoms with Crippen LogP contribution in [0.15, 0.2) is 30.7 Å². The van der Waals surface area contributed by atoms with Gasteiger partial charge in [0.2, 0.25) is 5.91 Å². The van der Waals surface area contributed by atoms with Gasteiger partial charge in [0, 0.05) is 30.4 Å². The van der Waals surface area contributed by atoms with Gasteiger partial charge in [-0.3, -0.25) is 14.3 Å². The summed E-state index contributed by atoms with van der Waals surface area (Å²) < 4.78 is 1.65. The molecule has 0 atom stereocenters. The largest absolute Gasteiger partial charge is 1.00 e. The van der Waals surface area contributed by atoms with Crippen molar-refractivity contribution in [3.8, 4) is 0 Å². The Hall–Kier alpha value is 0.125. The summed E-state index contributed by atoms with van der Waals surface area (Å²) in [5.41, 5.74) is 0.908. The first-order chi connectivity index (χ1) is 9.33. The van der Waals surface area contributed by atoms with E-state index in [1.807, 2.05) is 39.8 Å². The Bertz CT molecular complexity index is 483. The summed E-state index contributed by atoms with van der Waals surface area (Å²) in [5.74, 6) is 0.0711. The summed E-state index contributed by atoms with van der Waals surface area (Å²) in [7, 11) is 1.71. The van der Waals surface area contributed by atoms with E-state index in [0.717, 1.165) is 10.9 Å². The zero-order valence-corrected chi connectivity index (χ0v) is 18.5. The first-order valence-electron chi connectivity index (χ1n) is 6.83. The third-order valence-corrected chi connectivity index (χ3v) is 2.31. The van der Waals surface area contributed by atoms with Crippen molar-refractivity contribution < 1.29 is 63.0 Å². The molecule has 2 aromatic rings. The zero-order valence-electron chi connectivity index (χ0n) is 13.6. The molecular weight excluding hydrogens is 324 g/mol. The van der Waals surface area contributed by atoms with Crippen LogP contribution in [0.4, 0.5) is 0 Å². The van der Waals surface area contributed by atoms with Crippen molar-refractivity contribution in [2.45, 2.75) is 34.1 Å². The fourth-order valence-electron chi connectivity index (χ4n) is 1.53. The molecule has 2 aromatic heterocycles. The number of carbonyl (C=O) groups excluding carboxylic acids is 1. The van der Waals surface area contributed by atoms with Crippen molar-refractivity contribution in [2.75, 3.05) is 13.6 Å². The summed E-state index contributed by atoms with van der Waals surface area (Å²) >= 11 is 0. The number of fused-ring (bicyclic) bond motifs is 1. The SMILES string of the molecule is CC.CC.C[N-]CCC(=O)n1ccc2cnccc21.[Rb+]. The van der Waals surface area contributed by atoms with Crippen LogP contribution in [0.3, 0.4) is 0 Å². The molecule has 0 spiro atoms. The maximum absolute atomic E-state index is 11.8. The van der Waals surface area contributed by atoms with Crippen molar-refractivity contribution in [1.29, 1.82) is 0 Å². The zero-order chi connectivity index (χ0) is 14.7. The first kappa shape index (κ1) is 22.4. The van der Waals surface area contributed by atoms with Gasteiger partial charge in [-0.05, 0) is 12.1 Å². The number of carbonyl (C=O) groups is 1. The average molecular weight is 348 g/mol. The summed E-state index contributed by atoms with van der Waals surface area (Å²) in [6.07, 6.45) is 5.67. The van der Waals surface area contributed by atoms with Crippen LogP contribution in [0.2, 0.25) is 0 Å². The maximum atomic E-state index is 11.8. The van der Waals surface area contributed by atoms with Crippen LogP contribution in [0.1, 0.15) is 38.9 Å². The molecule has 106 valence electrons. The van der Waals surface area contributed by atoms with Crippen LogP contribution in [-0.4, -0.2) is 29.1 Å². The minimum Gasteiger partial charge on any atom is -0.665 e. The van der Waals surface area contributed by atoms with Crippen molar-refractivity contribution in [1.82, 2.24) is 9.55 Å². The fourth-order valence-corrected chi connectivity index (χ4v) is 1.53. The molecule has 0 aliphatic heterocycles. The van der Waals surface area contributed by atoms with Crippen LogP contribution in [-0.2, 0) is 0 Å². The Morgan fingerprint density at radius 1 is 1.25 bits per heavy atom. The van der Waals surface area contributed by atoms with Crippen LogP contribution < -0.4 is 58.2 Å². The van der Waals surface area contributed by atoms with E-state index in [2.05, 4.69) is 10.3 Å². The third-order valence-electron chi connectivity index (χ3n) is 2.31. The van der Waals surface area contributed by atoms with E-state index >= 15 is 0 Å². The van der Waals surface area contributed by atoms with Crippen molar-refractivity contribution >= 4 is 16.8 Å². The quantitative estimate of drug-likeness (QED) is 0.835. The Balaban J connectivity index is 0. The Morgan fingerprint density at radius 2 is 1.90 bits per heavy atom. The molecule has 0 bridgehead atoms. The van der Waals surface area contributed by atoms with Gasteiger partial charge in [-0.1, -0.05) is 27.7 Å². The fraction of sp³-hybridized carbons (Fsp3) is 0.467. The molecule has 0 saturated heterocycles. The molecule has 2 heterocycles. The van der Waals surface area contributed by atoms with Crippen LogP contribution in [0.25, 0.3) is 16.2 Å². The van der Waals surface area contributed by atoms with Gasteiger partial charge in [-0.2, -0.15) is 7.05 Å². The number of hydrogen-bond acceptors (Lipinski definition) is 2. The average Bonchev–Trinajstić information content (AvgIpc) is 2.93. The predicted octanol–water partition coefficient (Wildman–Crippen LogP) is 1.13. The topological polar surface area (TPSA) is 49.0 Å². The second-order valence-corrected chi connectivity index (χ2v) is 3.30. The van der Waals surface area contributed by atoms with Crippen molar-refractivity contribution in [2.24, 2.45) is 0 Å². The molecule has 0 radical (unpaired) electrons. The molecule has 0 amide bonds. The molecule has 5 heteroatoms. The Morgan fingerprint density at radius 3 is 2.50 bits per heavy atom. The molecule has 20 heavy (non-hydrogen) atoms. The molecular formula is C15H24N3ORb. The molecule has 0 N–H and O–H groups in total. The predicted molar refractivity (Wildman–Crippen MR) is 81.8 cm³/mol. The minimum atomic E-state index is 0. The van der Waals surface area contributed by atoms with Crippen LogP contribution >= 0.6 is 0 Å². The van der Waals surface area contributed by atoms with Gasteiger partial charge in [0.25, 0.3) is 0 Å². The van der Waals surface area contributed by atoms with E-state index < -0.39 is 0 Å². The van der Waals surface area contributed by atoms with Gasteiger partial charge >= 0.3 is 58.2 Å². The number of pyridine rings is 1. The number of aromatic nitrogens is 2. The molecule has 0 aromatic carbocycles. The van der Waals surface area contributed by atoms with E-state index in [1.54, 1.807) is 30.2 Å². The monoisotopic (exact) mass is 347 g/mol. The first-order valence-corrected chi connectivity index (χ1v) is 6.83. The molecule has 0 saturated carbocycles. The van der Waals surface area contributed by atoms with Gasteiger partial charge in [-0.25, -0.2) is 0 Å². The molecule has 0 aliphatic carbocycles. The second-order valence-electron chi connectivity index (χ2n) is 3.30. The molecule has 0 fully saturated rings. The Labute approximate surface area is 171 Å². The van der Waals surface area contributed by atoms with E-state index in [-0.39, 0.29) is 64.1 Å². The molecule has 0 aliphatic rings. The van der Waals surface area contributed by atoms with Gasteiger partial charge in [0.05, 0.1) is 5.52 Å². The molecule has 2 rings (SSSR count). The van der Waals surface area contributed by atoms with Gasteiger partial charge in [0.1, 0.15) is 0 Å². The number of rotatable bonds is 3. The van der Waals surface area contributed by atoms with E-state index in [4.69, 9.17) is 0 Å². The number of nitrogens with zero attached hydrogens (tertiary/aromatic N) is 3.